The molecule has 192 valence electrons. The Balaban J connectivity index is 1.55. The van der Waals surface area contributed by atoms with E-state index in [0.29, 0.717) is 35.6 Å². The predicted molar refractivity (Wildman–Crippen MR) is 135 cm³/mol. The van der Waals surface area contributed by atoms with E-state index in [2.05, 4.69) is 30.0 Å². The van der Waals surface area contributed by atoms with Crippen LogP contribution in [0.5, 0.6) is 0 Å². The number of aromatic nitrogens is 2. The van der Waals surface area contributed by atoms with Crippen molar-refractivity contribution in [3.8, 4) is 0 Å². The molecule has 0 unspecified atom stereocenters. The third-order valence-corrected chi connectivity index (χ3v) is 8.40. The highest BCUT2D eigenvalue weighted by Crippen LogP contribution is 2.23. The lowest BCUT2D eigenvalue weighted by Gasteiger charge is -2.14. The quantitative estimate of drug-likeness (QED) is 0.391. The first-order chi connectivity index (χ1) is 17.0. The molecule has 0 saturated carbocycles. The minimum Gasteiger partial charge on any atom is -0.370 e. The van der Waals surface area contributed by atoms with Gasteiger partial charge in [-0.25, -0.2) is 35.7 Å². The first kappa shape index (κ1) is 25.9. The van der Waals surface area contributed by atoms with Crippen molar-refractivity contribution in [3.05, 3.63) is 65.1 Å². The Morgan fingerprint density at radius 3 is 2.69 bits per heavy atom. The summed E-state index contributed by atoms with van der Waals surface area (Å²) >= 11 is 0. The van der Waals surface area contributed by atoms with E-state index in [0.717, 1.165) is 11.6 Å². The number of halogens is 1. The predicted octanol–water partition coefficient (Wildman–Crippen LogP) is 2.59. The monoisotopic (exact) mass is 534 g/mol. The molecule has 0 aliphatic carbocycles. The van der Waals surface area contributed by atoms with Crippen molar-refractivity contribution in [3.63, 3.8) is 0 Å². The maximum Gasteiger partial charge on any atom is 0.243 e. The van der Waals surface area contributed by atoms with Crippen molar-refractivity contribution >= 4 is 37.5 Å². The van der Waals surface area contributed by atoms with Gasteiger partial charge in [0.2, 0.25) is 26.0 Å². The second-order valence-corrected chi connectivity index (χ2v) is 12.0. The van der Waals surface area contributed by atoms with Gasteiger partial charge in [-0.3, -0.25) is 0 Å². The summed E-state index contributed by atoms with van der Waals surface area (Å²) in [7, 11) is -7.71. The fourth-order valence-corrected chi connectivity index (χ4v) is 6.10. The van der Waals surface area contributed by atoms with E-state index in [-0.39, 0.29) is 30.4 Å². The molecule has 0 atom stereocenters. The van der Waals surface area contributed by atoms with Gasteiger partial charge in [0.15, 0.2) is 0 Å². The third kappa shape index (κ3) is 6.16. The summed E-state index contributed by atoms with van der Waals surface area (Å²) in [4.78, 5) is 8.57. The van der Waals surface area contributed by atoms with Crippen LogP contribution in [0.3, 0.4) is 0 Å². The summed E-state index contributed by atoms with van der Waals surface area (Å²) in [6.07, 6.45) is 2.31. The minimum absolute atomic E-state index is 0.00156. The van der Waals surface area contributed by atoms with E-state index in [1.807, 2.05) is 0 Å². The van der Waals surface area contributed by atoms with Crippen LogP contribution in [0.1, 0.15) is 23.1 Å². The first-order valence-corrected chi connectivity index (χ1v) is 14.2. The molecule has 0 spiro atoms. The van der Waals surface area contributed by atoms with E-state index in [9.17, 15) is 21.2 Å². The van der Waals surface area contributed by atoms with Gasteiger partial charge in [0, 0.05) is 37.1 Å². The van der Waals surface area contributed by atoms with E-state index < -0.39 is 30.8 Å². The SMILES string of the molecule is Cc1cc2cc(c1)S(=O)(=O)NCCCNc1nc(ncc1CCNS(=O)(=O)c1cc(C)ccc1F)N2. The average Bonchev–Trinajstić information content (AvgIpc) is 2.81. The zero-order chi connectivity index (χ0) is 25.9. The third-order valence-electron chi connectivity index (χ3n) is 5.48. The summed E-state index contributed by atoms with van der Waals surface area (Å²) in [5.74, 6) is -0.0743. The summed E-state index contributed by atoms with van der Waals surface area (Å²) in [5, 5.41) is 6.20. The van der Waals surface area contributed by atoms with Crippen LogP contribution in [0.2, 0.25) is 0 Å². The van der Waals surface area contributed by atoms with Gasteiger partial charge in [-0.05, 0) is 68.1 Å². The number of fused-ring (bicyclic) bond motifs is 4. The van der Waals surface area contributed by atoms with Gasteiger partial charge in [0.1, 0.15) is 16.5 Å². The van der Waals surface area contributed by atoms with Crippen LogP contribution in [-0.4, -0.2) is 46.4 Å². The number of anilines is 3. The summed E-state index contributed by atoms with van der Waals surface area (Å²) < 4.78 is 69.6. The smallest absolute Gasteiger partial charge is 0.243 e. The van der Waals surface area contributed by atoms with Gasteiger partial charge in [-0.1, -0.05) is 6.07 Å². The number of benzene rings is 2. The zero-order valence-electron chi connectivity index (χ0n) is 19.8. The molecule has 1 aliphatic rings. The van der Waals surface area contributed by atoms with Gasteiger partial charge in [-0.15, -0.1) is 0 Å². The number of hydrogen-bond donors (Lipinski definition) is 4. The number of aryl methyl sites for hydroxylation is 2. The van der Waals surface area contributed by atoms with E-state index >= 15 is 0 Å². The molecule has 4 rings (SSSR count). The molecule has 10 nitrogen and oxygen atoms in total. The van der Waals surface area contributed by atoms with Crippen LogP contribution in [0.4, 0.5) is 21.8 Å². The molecular weight excluding hydrogens is 507 g/mol. The van der Waals surface area contributed by atoms with E-state index in [4.69, 9.17) is 0 Å². The molecule has 13 heteroatoms. The first-order valence-electron chi connectivity index (χ1n) is 11.3. The number of nitrogens with zero attached hydrogens (tertiary/aromatic N) is 2. The molecule has 4 N–H and O–H groups in total. The Morgan fingerprint density at radius 1 is 1.08 bits per heavy atom. The Kier molecular flexibility index (Phi) is 7.54. The van der Waals surface area contributed by atoms with Crippen LogP contribution in [0.15, 0.2) is 52.4 Å². The lowest BCUT2D eigenvalue weighted by atomic mass is 10.2. The van der Waals surface area contributed by atoms with Crippen LogP contribution in [-0.2, 0) is 26.5 Å². The van der Waals surface area contributed by atoms with Gasteiger partial charge in [0.25, 0.3) is 0 Å². The Hall–Kier alpha value is -3.13. The minimum atomic E-state index is -4.04. The maximum atomic E-state index is 14.1. The number of nitrogens with one attached hydrogen (secondary N) is 4. The van der Waals surface area contributed by atoms with Crippen molar-refractivity contribution in [1.82, 2.24) is 19.4 Å². The lowest BCUT2D eigenvalue weighted by Crippen LogP contribution is -2.27. The van der Waals surface area contributed by atoms with Crippen molar-refractivity contribution in [2.45, 2.75) is 36.5 Å². The lowest BCUT2D eigenvalue weighted by molar-refractivity contribution is 0.556. The molecular formula is C23H27FN6O4S2. The fourth-order valence-electron chi connectivity index (χ4n) is 3.71. The summed E-state index contributed by atoms with van der Waals surface area (Å²) in [5.41, 5.74) is 2.55. The van der Waals surface area contributed by atoms with Crippen LogP contribution in [0.25, 0.3) is 0 Å². The van der Waals surface area contributed by atoms with Crippen molar-refractivity contribution < 1.29 is 21.2 Å². The Labute approximate surface area is 209 Å². The van der Waals surface area contributed by atoms with Crippen molar-refractivity contribution in [2.75, 3.05) is 30.3 Å². The van der Waals surface area contributed by atoms with Crippen molar-refractivity contribution in [1.29, 1.82) is 0 Å². The molecule has 36 heavy (non-hydrogen) atoms. The van der Waals surface area contributed by atoms with E-state index in [1.54, 1.807) is 32.2 Å². The van der Waals surface area contributed by atoms with Gasteiger partial charge < -0.3 is 10.6 Å². The van der Waals surface area contributed by atoms with Gasteiger partial charge >= 0.3 is 0 Å². The molecule has 2 aromatic carbocycles. The van der Waals surface area contributed by atoms with Gasteiger partial charge in [0.05, 0.1) is 4.90 Å². The molecule has 0 radical (unpaired) electrons. The van der Waals surface area contributed by atoms with E-state index in [1.165, 1.54) is 18.2 Å². The molecule has 2 heterocycles. The second-order valence-electron chi connectivity index (χ2n) is 8.49. The van der Waals surface area contributed by atoms with Gasteiger partial charge in [-0.2, -0.15) is 4.98 Å². The van der Waals surface area contributed by atoms with Crippen LogP contribution < -0.4 is 20.1 Å². The number of hydrogen-bond acceptors (Lipinski definition) is 8. The maximum absolute atomic E-state index is 14.1. The Morgan fingerprint density at radius 2 is 1.89 bits per heavy atom. The molecule has 0 fully saturated rings. The highest BCUT2D eigenvalue weighted by Gasteiger charge is 2.20. The average molecular weight is 535 g/mol. The molecule has 1 aliphatic heterocycles. The highest BCUT2D eigenvalue weighted by molar-refractivity contribution is 7.89. The Bertz CT molecular complexity index is 1500. The topological polar surface area (TPSA) is 142 Å². The molecule has 4 bridgehead atoms. The van der Waals surface area contributed by atoms with Crippen molar-refractivity contribution in [2.24, 2.45) is 0 Å². The van der Waals surface area contributed by atoms with Crippen LogP contribution >= 0.6 is 0 Å². The standard InChI is InChI=1S/C23H27FN6O4S2/c1-15-4-5-20(24)21(12-15)36(33,34)28-9-6-17-14-26-23-29-18-10-16(2)11-19(13-18)35(31,32)27-8-3-7-25-22(17)30-23/h4-5,10-14,27-28H,3,6-9H2,1-2H3,(H2,25,26,29,30). The summed E-state index contributed by atoms with van der Waals surface area (Å²) in [6, 6.07) is 8.79. The zero-order valence-corrected chi connectivity index (χ0v) is 21.4. The normalized spacial score (nSPS) is 15.5. The fraction of sp³-hybridized carbons (Fsp3) is 0.304. The number of rotatable bonds is 5. The largest absolute Gasteiger partial charge is 0.370 e. The summed E-state index contributed by atoms with van der Waals surface area (Å²) in [6.45, 7) is 4.13. The van der Waals surface area contributed by atoms with Crippen LogP contribution in [0, 0.1) is 19.7 Å². The highest BCUT2D eigenvalue weighted by atomic mass is 32.2. The molecule has 3 aromatic rings. The molecule has 1 aromatic heterocycles. The molecule has 0 amide bonds. The molecule has 0 saturated heterocycles. The number of sulfonamides is 2. The second kappa shape index (κ2) is 10.5.